The van der Waals surface area contributed by atoms with Gasteiger partial charge in [0.05, 0.1) is 5.75 Å². The molecule has 0 spiro atoms. The summed E-state index contributed by atoms with van der Waals surface area (Å²) in [6, 6.07) is 0.518. The molecule has 1 aromatic rings. The van der Waals surface area contributed by atoms with Crippen molar-refractivity contribution in [3.63, 3.8) is 0 Å². The fraction of sp³-hybridized carbons (Fsp3) is 0.786. The van der Waals surface area contributed by atoms with Crippen LogP contribution in [0.3, 0.4) is 0 Å². The number of nitrogens with one attached hydrogen (secondary N) is 1. The molecule has 7 heteroatoms. The molecule has 0 unspecified atom stereocenters. The number of aryl methyl sites for hydroxylation is 1. The average molecular weight is 311 g/mol. The molecule has 1 aromatic heterocycles. The molecule has 1 N–H and O–H groups in total. The zero-order valence-corrected chi connectivity index (χ0v) is 13.9. The van der Waals surface area contributed by atoms with E-state index in [9.17, 15) is 4.79 Å². The molecular formula is C14H25N5OS. The Morgan fingerprint density at radius 3 is 2.81 bits per heavy atom. The maximum atomic E-state index is 12.3. The minimum absolute atomic E-state index is 0.192. The van der Waals surface area contributed by atoms with Crippen molar-refractivity contribution >= 4 is 17.7 Å². The fourth-order valence-corrected chi connectivity index (χ4v) is 3.44. The topological polar surface area (TPSA) is 65.1 Å². The van der Waals surface area contributed by atoms with Gasteiger partial charge in [-0.2, -0.15) is 0 Å². The number of rotatable bonds is 7. The number of hydrogen-bond donors (Lipinski definition) is 1. The molecule has 2 rings (SSSR count). The van der Waals surface area contributed by atoms with Gasteiger partial charge >= 0.3 is 0 Å². The number of likely N-dealkylation sites (tertiary alicyclic amines) is 1. The minimum Gasteiger partial charge on any atom is -0.340 e. The van der Waals surface area contributed by atoms with E-state index in [1.54, 1.807) is 0 Å². The second-order valence-electron chi connectivity index (χ2n) is 5.21. The van der Waals surface area contributed by atoms with Gasteiger partial charge in [0.1, 0.15) is 5.82 Å². The highest BCUT2D eigenvalue weighted by Crippen LogP contribution is 2.18. The quantitative estimate of drug-likeness (QED) is 0.771. The molecule has 1 fully saturated rings. The molecule has 0 bridgehead atoms. The Labute approximate surface area is 130 Å². The summed E-state index contributed by atoms with van der Waals surface area (Å²) in [6.07, 6.45) is 1.91. The second-order valence-corrected chi connectivity index (χ2v) is 6.15. The normalized spacial score (nSPS) is 18.7. The minimum atomic E-state index is 0.192. The van der Waals surface area contributed by atoms with Crippen LogP contribution in [0, 0.1) is 0 Å². The standard InChI is InChI=1S/C14H25N5OS/c1-4-12-15-14(17-16-12)21-10-13(20)19-8-7-11(9-19)18(5-2)6-3/h11H,4-10H2,1-3H3,(H,15,16,17)/t11-/m1/s1. The third kappa shape index (κ3) is 4.20. The maximum absolute atomic E-state index is 12.3. The Bertz CT molecular complexity index is 460. The first-order valence-corrected chi connectivity index (χ1v) is 8.72. The first kappa shape index (κ1) is 16.3. The van der Waals surface area contributed by atoms with Crippen LogP contribution in [0.4, 0.5) is 0 Å². The van der Waals surface area contributed by atoms with Crippen molar-refractivity contribution in [2.75, 3.05) is 31.9 Å². The van der Waals surface area contributed by atoms with Gasteiger partial charge in [0.2, 0.25) is 11.1 Å². The monoisotopic (exact) mass is 311 g/mol. The number of thioether (sulfide) groups is 1. The van der Waals surface area contributed by atoms with Gasteiger partial charge in [0.25, 0.3) is 0 Å². The Balaban J connectivity index is 1.79. The van der Waals surface area contributed by atoms with Crippen LogP contribution in [-0.2, 0) is 11.2 Å². The lowest BCUT2D eigenvalue weighted by molar-refractivity contribution is -0.127. The van der Waals surface area contributed by atoms with Crippen molar-refractivity contribution < 1.29 is 4.79 Å². The first-order chi connectivity index (χ1) is 10.2. The number of aromatic nitrogens is 3. The van der Waals surface area contributed by atoms with E-state index >= 15 is 0 Å². The highest BCUT2D eigenvalue weighted by atomic mass is 32.2. The molecular weight excluding hydrogens is 286 g/mol. The van der Waals surface area contributed by atoms with E-state index < -0.39 is 0 Å². The molecule has 118 valence electrons. The van der Waals surface area contributed by atoms with Gasteiger partial charge in [-0.05, 0) is 19.5 Å². The van der Waals surface area contributed by atoms with Gasteiger partial charge in [-0.1, -0.05) is 32.5 Å². The van der Waals surface area contributed by atoms with E-state index in [4.69, 9.17) is 0 Å². The molecule has 0 radical (unpaired) electrons. The number of carbonyl (C=O) groups is 1. The van der Waals surface area contributed by atoms with Crippen LogP contribution in [0.15, 0.2) is 5.16 Å². The molecule has 0 saturated carbocycles. The number of H-pyrrole nitrogens is 1. The molecule has 0 aromatic carbocycles. The van der Waals surface area contributed by atoms with E-state index in [1.807, 2.05) is 11.8 Å². The van der Waals surface area contributed by atoms with Gasteiger partial charge in [-0.25, -0.2) is 4.98 Å². The molecule has 1 atom stereocenters. The van der Waals surface area contributed by atoms with Crippen LogP contribution >= 0.6 is 11.8 Å². The molecule has 1 aliphatic rings. The number of hydrogen-bond acceptors (Lipinski definition) is 5. The smallest absolute Gasteiger partial charge is 0.233 e. The zero-order valence-electron chi connectivity index (χ0n) is 13.1. The van der Waals surface area contributed by atoms with Crippen molar-refractivity contribution in [1.29, 1.82) is 0 Å². The van der Waals surface area contributed by atoms with Crippen LogP contribution in [0.1, 0.15) is 33.0 Å². The highest BCUT2D eigenvalue weighted by molar-refractivity contribution is 7.99. The van der Waals surface area contributed by atoms with E-state index in [0.717, 1.165) is 44.8 Å². The van der Waals surface area contributed by atoms with Gasteiger partial charge in [0.15, 0.2) is 0 Å². The van der Waals surface area contributed by atoms with E-state index in [1.165, 1.54) is 11.8 Å². The van der Waals surface area contributed by atoms with Crippen LogP contribution in [0.2, 0.25) is 0 Å². The molecule has 1 saturated heterocycles. The predicted molar refractivity (Wildman–Crippen MR) is 84.4 cm³/mol. The van der Waals surface area contributed by atoms with Crippen molar-refractivity contribution in [1.82, 2.24) is 25.0 Å². The molecule has 2 heterocycles. The third-order valence-corrected chi connectivity index (χ3v) is 4.85. The van der Waals surface area contributed by atoms with Gasteiger partial charge in [0, 0.05) is 25.6 Å². The summed E-state index contributed by atoms with van der Waals surface area (Å²) in [4.78, 5) is 21.0. The Kier molecular flexibility index (Phi) is 6.05. The van der Waals surface area contributed by atoms with Crippen molar-refractivity contribution in [3.8, 4) is 0 Å². The van der Waals surface area contributed by atoms with Crippen molar-refractivity contribution in [2.24, 2.45) is 0 Å². The summed E-state index contributed by atoms with van der Waals surface area (Å²) in [5.74, 6) is 1.48. The second kappa shape index (κ2) is 7.79. The SMILES string of the molecule is CCc1nc(SCC(=O)N2CC[C@@H](N(CC)CC)C2)n[nH]1. The molecule has 6 nitrogen and oxygen atoms in total. The van der Waals surface area contributed by atoms with Crippen LogP contribution in [-0.4, -0.2) is 68.9 Å². The lowest BCUT2D eigenvalue weighted by atomic mass is 10.2. The summed E-state index contributed by atoms with van der Waals surface area (Å²) < 4.78 is 0. The fourth-order valence-electron chi connectivity index (χ4n) is 2.72. The number of likely N-dealkylation sites (N-methyl/N-ethyl adjacent to an activating group) is 1. The Morgan fingerprint density at radius 2 is 2.19 bits per heavy atom. The summed E-state index contributed by atoms with van der Waals surface area (Å²) in [5.41, 5.74) is 0. The van der Waals surface area contributed by atoms with Crippen LogP contribution in [0.25, 0.3) is 0 Å². The number of amides is 1. The molecule has 0 aliphatic carbocycles. The Hall–Kier alpha value is -1.08. The summed E-state index contributed by atoms with van der Waals surface area (Å²) >= 11 is 1.41. The van der Waals surface area contributed by atoms with Gasteiger partial charge in [-0.15, -0.1) is 5.10 Å². The lowest BCUT2D eigenvalue weighted by Crippen LogP contribution is -2.39. The zero-order chi connectivity index (χ0) is 15.2. The van der Waals surface area contributed by atoms with Gasteiger partial charge in [-0.3, -0.25) is 14.8 Å². The Morgan fingerprint density at radius 1 is 1.43 bits per heavy atom. The van der Waals surface area contributed by atoms with E-state index in [0.29, 0.717) is 17.0 Å². The molecule has 1 amide bonds. The number of nitrogens with zero attached hydrogens (tertiary/aromatic N) is 4. The maximum Gasteiger partial charge on any atom is 0.233 e. The number of aromatic amines is 1. The summed E-state index contributed by atoms with van der Waals surface area (Å²) in [6.45, 7) is 10.2. The van der Waals surface area contributed by atoms with Crippen LogP contribution in [0.5, 0.6) is 0 Å². The average Bonchev–Trinajstić information content (AvgIpc) is 3.15. The van der Waals surface area contributed by atoms with Crippen LogP contribution < -0.4 is 0 Å². The van der Waals surface area contributed by atoms with E-state index in [-0.39, 0.29) is 5.91 Å². The summed E-state index contributed by atoms with van der Waals surface area (Å²) in [7, 11) is 0. The summed E-state index contributed by atoms with van der Waals surface area (Å²) in [5, 5.41) is 7.64. The highest BCUT2D eigenvalue weighted by Gasteiger charge is 2.29. The third-order valence-electron chi connectivity index (χ3n) is 4.02. The first-order valence-electron chi connectivity index (χ1n) is 7.73. The lowest BCUT2D eigenvalue weighted by Gasteiger charge is -2.26. The predicted octanol–water partition coefficient (Wildman–Crippen LogP) is 1.40. The van der Waals surface area contributed by atoms with Crippen molar-refractivity contribution in [2.45, 2.75) is 44.8 Å². The molecule has 1 aliphatic heterocycles. The van der Waals surface area contributed by atoms with Crippen molar-refractivity contribution in [3.05, 3.63) is 5.82 Å². The van der Waals surface area contributed by atoms with Gasteiger partial charge < -0.3 is 4.90 Å². The molecule has 21 heavy (non-hydrogen) atoms. The number of carbonyl (C=O) groups excluding carboxylic acids is 1. The largest absolute Gasteiger partial charge is 0.340 e. The van der Waals surface area contributed by atoms with E-state index in [2.05, 4.69) is 33.9 Å².